The van der Waals surface area contributed by atoms with Gasteiger partial charge < -0.3 is 0 Å². The third-order valence-corrected chi connectivity index (χ3v) is 4.57. The van der Waals surface area contributed by atoms with Gasteiger partial charge in [0.2, 0.25) is 0 Å². The second-order valence-electron chi connectivity index (χ2n) is 5.42. The molecule has 0 saturated heterocycles. The van der Waals surface area contributed by atoms with E-state index < -0.39 is 11.6 Å². The van der Waals surface area contributed by atoms with E-state index >= 15 is 0 Å². The minimum absolute atomic E-state index is 0.0334. The van der Waals surface area contributed by atoms with E-state index in [0.717, 1.165) is 25.7 Å². The van der Waals surface area contributed by atoms with Gasteiger partial charge in [-0.15, -0.1) is 0 Å². The van der Waals surface area contributed by atoms with Crippen LogP contribution in [0, 0.1) is 23.5 Å². The van der Waals surface area contributed by atoms with Crippen LogP contribution in [0.5, 0.6) is 0 Å². The summed E-state index contributed by atoms with van der Waals surface area (Å²) in [5, 5.41) is 0. The highest BCUT2D eigenvalue weighted by atomic mass is 79.9. The van der Waals surface area contributed by atoms with E-state index in [1.54, 1.807) is 0 Å². The maximum absolute atomic E-state index is 13.8. The Morgan fingerprint density at radius 2 is 1.89 bits per heavy atom. The lowest BCUT2D eigenvalue weighted by molar-refractivity contribution is -0.123. The number of halogens is 3. The maximum Gasteiger partial charge on any atom is 0.143 e. The summed E-state index contributed by atoms with van der Waals surface area (Å²) in [7, 11) is 0. The van der Waals surface area contributed by atoms with Gasteiger partial charge in [0.05, 0.1) is 4.47 Å². The fraction of sp³-hybridized carbons (Fsp3) is 0.533. The van der Waals surface area contributed by atoms with Crippen LogP contribution >= 0.6 is 15.9 Å². The van der Waals surface area contributed by atoms with Gasteiger partial charge in [0.15, 0.2) is 0 Å². The van der Waals surface area contributed by atoms with E-state index in [4.69, 9.17) is 0 Å². The summed E-state index contributed by atoms with van der Waals surface area (Å²) in [5.41, 5.74) is -0.113. The Morgan fingerprint density at radius 1 is 1.26 bits per heavy atom. The van der Waals surface area contributed by atoms with E-state index in [0.29, 0.717) is 5.92 Å². The van der Waals surface area contributed by atoms with Crippen LogP contribution in [0.3, 0.4) is 0 Å². The average molecular weight is 331 g/mol. The van der Waals surface area contributed by atoms with Crippen LogP contribution < -0.4 is 0 Å². The van der Waals surface area contributed by atoms with Crippen LogP contribution in [-0.4, -0.2) is 5.78 Å². The van der Waals surface area contributed by atoms with E-state index in [2.05, 4.69) is 22.9 Å². The van der Waals surface area contributed by atoms with Crippen molar-refractivity contribution in [2.45, 2.75) is 39.0 Å². The van der Waals surface area contributed by atoms with Crippen molar-refractivity contribution >= 4 is 21.7 Å². The highest BCUT2D eigenvalue weighted by molar-refractivity contribution is 9.10. The van der Waals surface area contributed by atoms with Gasteiger partial charge in [0.25, 0.3) is 0 Å². The van der Waals surface area contributed by atoms with Gasteiger partial charge in [-0.2, -0.15) is 0 Å². The van der Waals surface area contributed by atoms with E-state index in [-0.39, 0.29) is 28.2 Å². The zero-order valence-electron chi connectivity index (χ0n) is 10.9. The van der Waals surface area contributed by atoms with Gasteiger partial charge in [0, 0.05) is 17.9 Å². The van der Waals surface area contributed by atoms with Crippen LogP contribution in [0.4, 0.5) is 8.78 Å². The molecule has 0 bridgehead atoms. The van der Waals surface area contributed by atoms with Crippen molar-refractivity contribution in [2.75, 3.05) is 0 Å². The zero-order chi connectivity index (χ0) is 14.0. The standard InChI is InChI=1S/C15H17BrF2O/c1-9-2-4-10(5-3-9)14(19)8-11-13(17)7-6-12(16)15(11)18/h6-7,9-10H,2-5,8H2,1H3. The molecule has 1 aliphatic rings. The molecule has 0 radical (unpaired) electrons. The van der Waals surface area contributed by atoms with Gasteiger partial charge in [-0.25, -0.2) is 8.78 Å². The molecule has 0 heterocycles. The third kappa shape index (κ3) is 3.41. The normalized spacial score (nSPS) is 23.4. The fourth-order valence-corrected chi connectivity index (χ4v) is 3.00. The number of carbonyl (C=O) groups excluding carboxylic acids is 1. The first-order valence-corrected chi connectivity index (χ1v) is 7.43. The van der Waals surface area contributed by atoms with Crippen molar-refractivity contribution in [2.24, 2.45) is 11.8 Å². The van der Waals surface area contributed by atoms with Gasteiger partial charge in [-0.05, 0) is 46.8 Å². The molecule has 1 aliphatic carbocycles. The van der Waals surface area contributed by atoms with E-state index in [1.807, 2.05) is 0 Å². The van der Waals surface area contributed by atoms with Crippen LogP contribution in [0.15, 0.2) is 16.6 Å². The summed E-state index contributed by atoms with van der Waals surface area (Å²) in [6, 6.07) is 2.51. The molecule has 0 aliphatic heterocycles. The number of carbonyl (C=O) groups is 1. The maximum atomic E-state index is 13.8. The SMILES string of the molecule is CC1CCC(C(=O)Cc2c(F)ccc(Br)c2F)CC1. The second-order valence-corrected chi connectivity index (χ2v) is 6.28. The molecule has 2 rings (SSSR count). The molecule has 104 valence electrons. The number of rotatable bonds is 3. The van der Waals surface area contributed by atoms with Crippen molar-refractivity contribution in [1.82, 2.24) is 0 Å². The molecule has 0 amide bonds. The summed E-state index contributed by atoms with van der Waals surface area (Å²) >= 11 is 3.02. The van der Waals surface area contributed by atoms with Gasteiger partial charge in [-0.3, -0.25) is 4.79 Å². The van der Waals surface area contributed by atoms with Crippen LogP contribution in [-0.2, 0) is 11.2 Å². The molecule has 1 nitrogen and oxygen atoms in total. The second kappa shape index (κ2) is 6.12. The van der Waals surface area contributed by atoms with Crippen LogP contribution in [0.25, 0.3) is 0 Å². The largest absolute Gasteiger partial charge is 0.299 e. The first-order chi connectivity index (χ1) is 8.99. The Balaban J connectivity index is 2.09. The minimum Gasteiger partial charge on any atom is -0.299 e. The number of benzene rings is 1. The molecular weight excluding hydrogens is 314 g/mol. The Morgan fingerprint density at radius 3 is 2.53 bits per heavy atom. The average Bonchev–Trinajstić information content (AvgIpc) is 2.40. The number of Topliss-reactive ketones (excluding diaryl/α,β-unsaturated/α-hetero) is 1. The summed E-state index contributed by atoms with van der Waals surface area (Å²) < 4.78 is 27.6. The lowest BCUT2D eigenvalue weighted by Gasteiger charge is -2.25. The monoisotopic (exact) mass is 330 g/mol. The van der Waals surface area contributed by atoms with Gasteiger partial charge in [-0.1, -0.05) is 19.8 Å². The summed E-state index contributed by atoms with van der Waals surface area (Å²) in [4.78, 5) is 12.1. The minimum atomic E-state index is -0.655. The molecule has 1 saturated carbocycles. The number of ketones is 1. The lowest BCUT2D eigenvalue weighted by atomic mass is 9.79. The molecule has 19 heavy (non-hydrogen) atoms. The third-order valence-electron chi connectivity index (χ3n) is 3.96. The Kier molecular flexibility index (Phi) is 4.71. The Labute approximate surface area is 120 Å². The van der Waals surface area contributed by atoms with Crippen LogP contribution in [0.1, 0.15) is 38.2 Å². The predicted octanol–water partition coefficient (Wildman–Crippen LogP) is 4.67. The quantitative estimate of drug-likeness (QED) is 0.736. The van der Waals surface area contributed by atoms with Crippen molar-refractivity contribution in [3.05, 3.63) is 33.8 Å². The predicted molar refractivity (Wildman–Crippen MR) is 73.9 cm³/mol. The van der Waals surface area contributed by atoms with Gasteiger partial charge in [0.1, 0.15) is 17.4 Å². The topological polar surface area (TPSA) is 17.1 Å². The van der Waals surface area contributed by atoms with Crippen molar-refractivity contribution in [3.63, 3.8) is 0 Å². The molecule has 0 aromatic heterocycles. The molecule has 0 spiro atoms. The summed E-state index contributed by atoms with van der Waals surface area (Å²) in [6.07, 6.45) is 3.60. The molecule has 0 N–H and O–H groups in total. The molecule has 1 aromatic rings. The van der Waals surface area contributed by atoms with Crippen LogP contribution in [0.2, 0.25) is 0 Å². The lowest BCUT2D eigenvalue weighted by Crippen LogP contribution is -2.23. The number of hydrogen-bond acceptors (Lipinski definition) is 1. The molecule has 4 heteroatoms. The molecule has 1 fully saturated rings. The van der Waals surface area contributed by atoms with E-state index in [9.17, 15) is 13.6 Å². The smallest absolute Gasteiger partial charge is 0.143 e. The molecular formula is C15H17BrF2O. The van der Waals surface area contributed by atoms with Gasteiger partial charge >= 0.3 is 0 Å². The molecule has 1 aromatic carbocycles. The summed E-state index contributed by atoms with van der Waals surface area (Å²) in [6.45, 7) is 2.17. The summed E-state index contributed by atoms with van der Waals surface area (Å²) in [5.74, 6) is -0.712. The van der Waals surface area contributed by atoms with Crippen molar-refractivity contribution in [3.8, 4) is 0 Å². The number of hydrogen-bond donors (Lipinski definition) is 0. The first-order valence-electron chi connectivity index (χ1n) is 6.64. The Hall–Kier alpha value is -0.770. The fourth-order valence-electron chi connectivity index (χ4n) is 2.63. The van der Waals surface area contributed by atoms with Crippen molar-refractivity contribution in [1.29, 1.82) is 0 Å². The zero-order valence-corrected chi connectivity index (χ0v) is 12.5. The molecule has 0 unspecified atom stereocenters. The first kappa shape index (κ1) is 14.6. The Bertz CT molecular complexity index is 479. The van der Waals surface area contributed by atoms with E-state index in [1.165, 1.54) is 12.1 Å². The van der Waals surface area contributed by atoms with Crippen molar-refractivity contribution < 1.29 is 13.6 Å². The highest BCUT2D eigenvalue weighted by Crippen LogP contribution is 2.30. The highest BCUT2D eigenvalue weighted by Gasteiger charge is 2.26. The molecule has 0 atom stereocenters.